The van der Waals surface area contributed by atoms with Crippen LogP contribution >= 0.6 is 0 Å². The monoisotopic (exact) mass is 354 g/mol. The van der Waals surface area contributed by atoms with Crippen LogP contribution in [0.4, 0.5) is 0 Å². The van der Waals surface area contributed by atoms with E-state index in [0.29, 0.717) is 0 Å². The lowest BCUT2D eigenvalue weighted by atomic mass is 9.76. The smallest absolute Gasteiger partial charge is 0.248 e. The number of aromatic nitrogens is 2. The molecule has 0 saturated heterocycles. The molecule has 2 aromatic carbocycles. The first kappa shape index (κ1) is 17.2. The van der Waals surface area contributed by atoms with Gasteiger partial charge in [0.1, 0.15) is 0 Å². The standard InChI is InChI=1S/C24H22N2O/c1-17-10-13-21(25-16-17)24(2,22-8-5-9-23(27)26-22)15-18-11-12-19-6-3-4-7-20(19)14-18/h3-14,16H,15H2,1-2H3,(H,26,27). The molecule has 2 heterocycles. The molecule has 1 N–H and O–H groups in total. The van der Waals surface area contributed by atoms with Crippen LogP contribution in [-0.4, -0.2) is 9.97 Å². The Bertz CT molecular complexity index is 1140. The molecule has 0 radical (unpaired) electrons. The zero-order valence-electron chi connectivity index (χ0n) is 15.6. The van der Waals surface area contributed by atoms with Gasteiger partial charge < -0.3 is 4.98 Å². The molecule has 0 bridgehead atoms. The normalized spacial score (nSPS) is 13.4. The number of H-pyrrole nitrogens is 1. The second kappa shape index (κ2) is 6.84. The molecule has 27 heavy (non-hydrogen) atoms. The van der Waals surface area contributed by atoms with Crippen LogP contribution in [0.1, 0.15) is 29.4 Å². The SMILES string of the molecule is Cc1ccc(C(C)(Cc2ccc3ccccc3c2)c2cccc(=O)[nH]2)nc1. The summed E-state index contributed by atoms with van der Waals surface area (Å²) < 4.78 is 0. The highest BCUT2D eigenvalue weighted by Gasteiger charge is 2.32. The Hall–Kier alpha value is -3.20. The zero-order valence-corrected chi connectivity index (χ0v) is 15.6. The largest absolute Gasteiger partial charge is 0.325 e. The van der Waals surface area contributed by atoms with Gasteiger partial charge in [-0.2, -0.15) is 0 Å². The van der Waals surface area contributed by atoms with Gasteiger partial charge in [0.15, 0.2) is 0 Å². The average molecular weight is 354 g/mol. The average Bonchev–Trinajstić information content (AvgIpc) is 2.68. The maximum Gasteiger partial charge on any atom is 0.248 e. The van der Waals surface area contributed by atoms with Gasteiger partial charge >= 0.3 is 0 Å². The lowest BCUT2D eigenvalue weighted by Crippen LogP contribution is -2.31. The number of aromatic amines is 1. The molecule has 0 fully saturated rings. The minimum Gasteiger partial charge on any atom is -0.325 e. The maximum absolute atomic E-state index is 12.0. The van der Waals surface area contributed by atoms with Gasteiger partial charge in [-0.15, -0.1) is 0 Å². The summed E-state index contributed by atoms with van der Waals surface area (Å²) >= 11 is 0. The van der Waals surface area contributed by atoms with Crippen molar-refractivity contribution in [3.05, 3.63) is 112 Å². The Labute approximate surface area is 158 Å². The van der Waals surface area contributed by atoms with E-state index in [2.05, 4.69) is 66.5 Å². The minimum atomic E-state index is -0.434. The van der Waals surface area contributed by atoms with Gasteiger partial charge in [-0.25, -0.2) is 0 Å². The first-order valence-corrected chi connectivity index (χ1v) is 9.15. The molecule has 0 aliphatic rings. The van der Waals surface area contributed by atoms with Gasteiger partial charge in [-0.05, 0) is 54.3 Å². The van der Waals surface area contributed by atoms with Gasteiger partial charge in [0.25, 0.3) is 0 Å². The molecule has 3 heteroatoms. The van der Waals surface area contributed by atoms with Crippen molar-refractivity contribution in [1.82, 2.24) is 9.97 Å². The summed E-state index contributed by atoms with van der Waals surface area (Å²) in [7, 11) is 0. The maximum atomic E-state index is 12.0. The summed E-state index contributed by atoms with van der Waals surface area (Å²) in [5.74, 6) is 0. The van der Waals surface area contributed by atoms with E-state index in [-0.39, 0.29) is 5.56 Å². The van der Waals surface area contributed by atoms with E-state index in [1.807, 2.05) is 19.2 Å². The number of aryl methyl sites for hydroxylation is 1. The number of nitrogens with zero attached hydrogens (tertiary/aromatic N) is 1. The third-order valence-electron chi connectivity index (χ3n) is 5.21. The summed E-state index contributed by atoms with van der Waals surface area (Å²) in [6.45, 7) is 4.17. The number of hydrogen-bond donors (Lipinski definition) is 1. The van der Waals surface area contributed by atoms with Crippen LogP contribution < -0.4 is 5.56 Å². The van der Waals surface area contributed by atoms with Crippen molar-refractivity contribution < 1.29 is 0 Å². The van der Waals surface area contributed by atoms with Gasteiger partial charge in [0.05, 0.1) is 11.1 Å². The number of pyridine rings is 2. The van der Waals surface area contributed by atoms with E-state index in [9.17, 15) is 4.79 Å². The first-order chi connectivity index (χ1) is 13.0. The number of benzene rings is 2. The molecule has 2 aromatic heterocycles. The lowest BCUT2D eigenvalue weighted by molar-refractivity contribution is 0.530. The Morgan fingerprint density at radius 1 is 0.926 bits per heavy atom. The van der Waals surface area contributed by atoms with Crippen molar-refractivity contribution in [1.29, 1.82) is 0 Å². The van der Waals surface area contributed by atoms with Crippen LogP contribution in [0, 0.1) is 6.92 Å². The molecule has 1 atom stereocenters. The van der Waals surface area contributed by atoms with Gasteiger partial charge in [-0.3, -0.25) is 9.78 Å². The number of nitrogens with one attached hydrogen (secondary N) is 1. The van der Waals surface area contributed by atoms with Crippen LogP contribution in [0.3, 0.4) is 0 Å². The Morgan fingerprint density at radius 3 is 2.48 bits per heavy atom. The minimum absolute atomic E-state index is 0.0932. The van der Waals surface area contributed by atoms with Gasteiger partial charge in [0, 0.05) is 18.0 Å². The quantitative estimate of drug-likeness (QED) is 0.573. The molecule has 4 aromatic rings. The van der Waals surface area contributed by atoms with E-state index in [1.54, 1.807) is 12.1 Å². The second-order valence-corrected chi connectivity index (χ2v) is 7.34. The predicted molar refractivity (Wildman–Crippen MR) is 110 cm³/mol. The molecule has 0 aliphatic carbocycles. The van der Waals surface area contributed by atoms with Crippen molar-refractivity contribution in [2.75, 3.05) is 0 Å². The highest BCUT2D eigenvalue weighted by atomic mass is 16.1. The second-order valence-electron chi connectivity index (χ2n) is 7.34. The van der Waals surface area contributed by atoms with E-state index in [4.69, 9.17) is 4.98 Å². The summed E-state index contributed by atoms with van der Waals surface area (Å²) in [5, 5.41) is 2.44. The van der Waals surface area contributed by atoms with E-state index in [0.717, 1.165) is 23.4 Å². The molecule has 0 amide bonds. The fraction of sp³-hybridized carbons (Fsp3) is 0.167. The van der Waals surface area contributed by atoms with E-state index >= 15 is 0 Å². The third kappa shape index (κ3) is 3.41. The molecule has 0 aliphatic heterocycles. The number of rotatable bonds is 4. The molecule has 3 nitrogen and oxygen atoms in total. The van der Waals surface area contributed by atoms with Crippen LogP contribution in [0.15, 0.2) is 83.8 Å². The van der Waals surface area contributed by atoms with Gasteiger partial charge in [0.2, 0.25) is 5.56 Å². The zero-order chi connectivity index (χ0) is 18.9. The van der Waals surface area contributed by atoms with Gasteiger partial charge in [-0.1, -0.05) is 54.6 Å². The topological polar surface area (TPSA) is 45.8 Å². The van der Waals surface area contributed by atoms with Crippen molar-refractivity contribution >= 4 is 10.8 Å². The third-order valence-corrected chi connectivity index (χ3v) is 5.21. The molecule has 4 rings (SSSR count). The summed E-state index contributed by atoms with van der Waals surface area (Å²) in [6.07, 6.45) is 2.63. The van der Waals surface area contributed by atoms with Crippen molar-refractivity contribution in [2.45, 2.75) is 25.7 Å². The highest BCUT2D eigenvalue weighted by molar-refractivity contribution is 5.83. The highest BCUT2D eigenvalue weighted by Crippen LogP contribution is 2.33. The lowest BCUT2D eigenvalue weighted by Gasteiger charge is -2.29. The fourth-order valence-corrected chi connectivity index (χ4v) is 3.64. The fourth-order valence-electron chi connectivity index (χ4n) is 3.64. The predicted octanol–water partition coefficient (Wildman–Crippen LogP) is 4.78. The summed E-state index contributed by atoms with van der Waals surface area (Å²) in [4.78, 5) is 19.7. The van der Waals surface area contributed by atoms with Crippen LogP contribution in [0.5, 0.6) is 0 Å². The molecule has 0 saturated carbocycles. The summed E-state index contributed by atoms with van der Waals surface area (Å²) in [6, 6.07) is 24.4. The van der Waals surface area contributed by atoms with Crippen molar-refractivity contribution in [2.24, 2.45) is 0 Å². The molecule has 0 spiro atoms. The molecule has 1 unspecified atom stereocenters. The van der Waals surface area contributed by atoms with Crippen molar-refractivity contribution in [3.8, 4) is 0 Å². The summed E-state index contributed by atoms with van der Waals surface area (Å²) in [5.41, 5.74) is 3.62. The van der Waals surface area contributed by atoms with E-state index in [1.165, 1.54) is 16.3 Å². The van der Waals surface area contributed by atoms with Crippen LogP contribution in [0.25, 0.3) is 10.8 Å². The van der Waals surface area contributed by atoms with Crippen LogP contribution in [-0.2, 0) is 11.8 Å². The number of fused-ring (bicyclic) bond motifs is 1. The molecule has 134 valence electrons. The molecular formula is C24H22N2O. The first-order valence-electron chi connectivity index (χ1n) is 9.15. The number of hydrogen-bond acceptors (Lipinski definition) is 2. The Balaban J connectivity index is 1.84. The van der Waals surface area contributed by atoms with Crippen LogP contribution in [0.2, 0.25) is 0 Å². The van der Waals surface area contributed by atoms with E-state index < -0.39 is 5.41 Å². The Morgan fingerprint density at radius 2 is 1.74 bits per heavy atom. The molecular weight excluding hydrogens is 332 g/mol. The van der Waals surface area contributed by atoms with Crippen molar-refractivity contribution in [3.63, 3.8) is 0 Å². The Kier molecular flexibility index (Phi) is 4.36.